The van der Waals surface area contributed by atoms with Gasteiger partial charge in [0.1, 0.15) is 10.7 Å². The number of hydrogen-bond acceptors (Lipinski definition) is 4. The first-order chi connectivity index (χ1) is 11.8. The quantitative estimate of drug-likeness (QED) is 0.819. The molecule has 0 bridgehead atoms. The smallest absolute Gasteiger partial charge is 0.285 e. The minimum atomic E-state index is -3.82. The summed E-state index contributed by atoms with van der Waals surface area (Å²) >= 11 is 5.97. The number of carbonyl (C=O) groups is 1. The summed E-state index contributed by atoms with van der Waals surface area (Å²) in [5, 5.41) is 3.43. The van der Waals surface area contributed by atoms with E-state index in [2.05, 4.69) is 9.71 Å². The molecule has 1 aliphatic heterocycles. The molecule has 2 aromatic carbocycles. The summed E-state index contributed by atoms with van der Waals surface area (Å²) in [4.78, 5) is 11.6. The Morgan fingerprint density at radius 3 is 2.52 bits per heavy atom. The average Bonchev–Trinajstić information content (AvgIpc) is 2.76. The zero-order chi connectivity index (χ0) is 18.2. The number of benzene rings is 2. The number of sulfonamides is 1. The molecule has 0 fully saturated rings. The molecular weight excluding hydrogens is 360 g/mol. The normalized spacial score (nSPS) is 15.9. The van der Waals surface area contributed by atoms with Crippen LogP contribution in [0, 0.1) is 0 Å². The van der Waals surface area contributed by atoms with Crippen LogP contribution in [0.4, 0.5) is 5.69 Å². The lowest BCUT2D eigenvalue weighted by Crippen LogP contribution is -2.11. The number of rotatable bonds is 3. The van der Waals surface area contributed by atoms with Gasteiger partial charge in [-0.2, -0.15) is 8.42 Å². The van der Waals surface area contributed by atoms with Gasteiger partial charge >= 0.3 is 0 Å². The summed E-state index contributed by atoms with van der Waals surface area (Å²) in [6, 6.07) is 13.4. The van der Waals surface area contributed by atoms with Crippen LogP contribution < -0.4 is 5.32 Å². The number of carbonyl (C=O) groups excluding carboxylic acids is 1. The highest BCUT2D eigenvalue weighted by molar-refractivity contribution is 8.00. The first kappa shape index (κ1) is 17.4. The highest BCUT2D eigenvalue weighted by Gasteiger charge is 2.31. The Morgan fingerprint density at radius 1 is 1.12 bits per heavy atom. The van der Waals surface area contributed by atoms with E-state index in [0.717, 1.165) is 0 Å². The van der Waals surface area contributed by atoms with Crippen molar-refractivity contribution < 1.29 is 13.2 Å². The summed E-state index contributed by atoms with van der Waals surface area (Å²) in [7, 11) is -3.82. The molecule has 5 nitrogen and oxygen atoms in total. The maximum atomic E-state index is 12.5. The second kappa shape index (κ2) is 6.46. The zero-order valence-corrected chi connectivity index (χ0v) is 15.1. The van der Waals surface area contributed by atoms with E-state index in [1.165, 1.54) is 6.92 Å². The van der Waals surface area contributed by atoms with Gasteiger partial charge in [0.2, 0.25) is 0 Å². The van der Waals surface area contributed by atoms with Gasteiger partial charge in [0.25, 0.3) is 10.0 Å². The predicted molar refractivity (Wildman–Crippen MR) is 100 cm³/mol. The molecule has 1 heterocycles. The summed E-state index contributed by atoms with van der Waals surface area (Å²) in [5.74, 6) is 0.159. The van der Waals surface area contributed by atoms with Crippen LogP contribution in [0.3, 0.4) is 0 Å². The van der Waals surface area contributed by atoms with Gasteiger partial charge in [-0.15, -0.1) is 4.40 Å². The molecule has 0 saturated carbocycles. The van der Waals surface area contributed by atoms with Gasteiger partial charge in [-0.3, -0.25) is 4.79 Å². The molecule has 0 aromatic heterocycles. The number of nitrogens with one attached hydrogen (secondary N) is 1. The second-order valence-electron chi connectivity index (χ2n) is 5.64. The Balaban J connectivity index is 2.01. The Labute approximate surface area is 151 Å². The van der Waals surface area contributed by atoms with E-state index in [1.54, 1.807) is 55.5 Å². The third-order valence-corrected chi connectivity index (χ3v) is 5.50. The largest absolute Gasteiger partial charge is 0.339 e. The van der Waals surface area contributed by atoms with Crippen molar-refractivity contribution in [2.75, 3.05) is 5.32 Å². The van der Waals surface area contributed by atoms with E-state index in [9.17, 15) is 13.2 Å². The number of anilines is 1. The molecule has 3 rings (SSSR count). The van der Waals surface area contributed by atoms with E-state index in [4.69, 9.17) is 11.6 Å². The molecule has 0 spiro atoms. The fraction of sp³-hybridized carbons (Fsp3) is 0.111. The summed E-state index contributed by atoms with van der Waals surface area (Å²) in [5.41, 5.74) is 2.11. The Morgan fingerprint density at radius 2 is 1.84 bits per heavy atom. The fourth-order valence-corrected chi connectivity index (χ4v) is 4.21. The molecule has 0 aliphatic carbocycles. The molecule has 0 amide bonds. The summed E-state index contributed by atoms with van der Waals surface area (Å²) in [6.45, 7) is 3.15. The van der Waals surface area contributed by atoms with Crippen molar-refractivity contribution in [3.05, 3.63) is 70.3 Å². The SMILES string of the molecule is CC(=O)c1cccc(NC2=NS(=O)(=O)C(c3cccc(Cl)c3)=C2C)c1. The molecule has 0 saturated heterocycles. The van der Waals surface area contributed by atoms with Crippen LogP contribution in [-0.2, 0) is 10.0 Å². The third kappa shape index (κ3) is 3.50. The number of halogens is 1. The van der Waals surface area contributed by atoms with Gasteiger partial charge in [-0.25, -0.2) is 0 Å². The van der Waals surface area contributed by atoms with Crippen molar-refractivity contribution in [3.63, 3.8) is 0 Å². The summed E-state index contributed by atoms with van der Waals surface area (Å²) < 4.78 is 28.8. The molecule has 0 atom stereocenters. The lowest BCUT2D eigenvalue weighted by Gasteiger charge is -2.08. The Kier molecular flexibility index (Phi) is 4.49. The van der Waals surface area contributed by atoms with Crippen LogP contribution in [0.15, 0.2) is 58.5 Å². The minimum Gasteiger partial charge on any atom is -0.339 e. The average molecular weight is 375 g/mol. The third-order valence-electron chi connectivity index (χ3n) is 3.78. The van der Waals surface area contributed by atoms with Crippen molar-refractivity contribution >= 4 is 43.8 Å². The van der Waals surface area contributed by atoms with Gasteiger partial charge in [0.05, 0.1) is 0 Å². The van der Waals surface area contributed by atoms with Crippen molar-refractivity contribution in [2.24, 2.45) is 4.40 Å². The zero-order valence-electron chi connectivity index (χ0n) is 13.6. The molecule has 1 N–H and O–H groups in total. The lowest BCUT2D eigenvalue weighted by molar-refractivity contribution is 0.101. The number of amidine groups is 1. The lowest BCUT2D eigenvalue weighted by atomic mass is 10.1. The molecule has 25 heavy (non-hydrogen) atoms. The molecular formula is C18H15ClN2O3S. The molecule has 2 aromatic rings. The van der Waals surface area contributed by atoms with Crippen LogP contribution in [0.25, 0.3) is 4.91 Å². The van der Waals surface area contributed by atoms with E-state index in [1.807, 2.05) is 0 Å². The number of Topliss-reactive ketones (excluding diaryl/α,β-unsaturated/α-hetero) is 1. The van der Waals surface area contributed by atoms with Crippen molar-refractivity contribution in [1.82, 2.24) is 0 Å². The van der Waals surface area contributed by atoms with Gasteiger partial charge in [0, 0.05) is 21.8 Å². The van der Waals surface area contributed by atoms with E-state index in [-0.39, 0.29) is 16.5 Å². The van der Waals surface area contributed by atoms with Gasteiger partial charge in [0.15, 0.2) is 5.78 Å². The van der Waals surface area contributed by atoms with Crippen molar-refractivity contribution in [2.45, 2.75) is 13.8 Å². The number of ketones is 1. The highest BCUT2D eigenvalue weighted by atomic mass is 35.5. The standard InChI is InChI=1S/C18H15ClN2O3S/c1-11-17(14-6-3-7-15(19)9-14)25(23,24)21-18(11)20-16-8-4-5-13(10-16)12(2)22/h3-10H,1-2H3,(H,20,21). The first-order valence-electron chi connectivity index (χ1n) is 7.48. The van der Waals surface area contributed by atoms with Gasteiger partial charge in [-0.05, 0) is 43.7 Å². The summed E-state index contributed by atoms with van der Waals surface area (Å²) in [6.07, 6.45) is 0. The number of hydrogen-bond donors (Lipinski definition) is 1. The monoisotopic (exact) mass is 374 g/mol. The predicted octanol–water partition coefficient (Wildman–Crippen LogP) is 4.13. The maximum Gasteiger partial charge on any atom is 0.285 e. The van der Waals surface area contributed by atoms with E-state index in [0.29, 0.717) is 27.4 Å². The minimum absolute atomic E-state index is 0.0727. The van der Waals surface area contributed by atoms with Crippen LogP contribution >= 0.6 is 11.6 Å². The number of nitrogens with zero attached hydrogens (tertiary/aromatic N) is 1. The first-order valence-corrected chi connectivity index (χ1v) is 9.30. The van der Waals surface area contributed by atoms with Crippen LogP contribution in [0.2, 0.25) is 5.02 Å². The second-order valence-corrected chi connectivity index (χ2v) is 7.62. The maximum absolute atomic E-state index is 12.5. The molecule has 0 radical (unpaired) electrons. The van der Waals surface area contributed by atoms with E-state index < -0.39 is 10.0 Å². The Hall–Kier alpha value is -2.44. The molecule has 128 valence electrons. The fourth-order valence-electron chi connectivity index (χ4n) is 2.60. The molecule has 7 heteroatoms. The van der Waals surface area contributed by atoms with Crippen LogP contribution in [0.1, 0.15) is 29.8 Å². The molecule has 0 unspecified atom stereocenters. The van der Waals surface area contributed by atoms with Crippen LogP contribution in [-0.4, -0.2) is 20.0 Å². The van der Waals surface area contributed by atoms with Gasteiger partial charge < -0.3 is 5.32 Å². The highest BCUT2D eigenvalue weighted by Crippen LogP contribution is 2.34. The van der Waals surface area contributed by atoms with Crippen molar-refractivity contribution in [3.8, 4) is 0 Å². The topological polar surface area (TPSA) is 75.6 Å². The van der Waals surface area contributed by atoms with Gasteiger partial charge in [-0.1, -0.05) is 35.9 Å². The van der Waals surface area contributed by atoms with Crippen LogP contribution in [0.5, 0.6) is 0 Å². The van der Waals surface area contributed by atoms with Crippen molar-refractivity contribution in [1.29, 1.82) is 0 Å². The Bertz CT molecular complexity index is 1040. The molecule has 1 aliphatic rings. The van der Waals surface area contributed by atoms with E-state index >= 15 is 0 Å².